The molecule has 0 aliphatic heterocycles. The maximum absolute atomic E-state index is 8.55. The molecular weight excluding hydrogens is 420 g/mol. The molecule has 0 heteroatoms. The zero-order chi connectivity index (χ0) is 26.2. The molecule has 35 heavy (non-hydrogen) atoms. The summed E-state index contributed by atoms with van der Waals surface area (Å²) in [5, 5.41) is 0. The van der Waals surface area contributed by atoms with Gasteiger partial charge in [0.2, 0.25) is 0 Å². The van der Waals surface area contributed by atoms with Crippen molar-refractivity contribution in [2.75, 3.05) is 0 Å². The monoisotopic (exact) mass is 456 g/mol. The number of hydrogen-bond acceptors (Lipinski definition) is 0. The molecule has 0 bridgehead atoms. The summed E-state index contributed by atoms with van der Waals surface area (Å²) in [7, 11) is 0. The molecule has 1 aliphatic carbocycles. The fourth-order valence-corrected chi connectivity index (χ4v) is 4.83. The van der Waals surface area contributed by atoms with Crippen LogP contribution in [0.4, 0.5) is 0 Å². The van der Waals surface area contributed by atoms with Crippen LogP contribution in [0.25, 0.3) is 33.4 Å². The van der Waals surface area contributed by atoms with E-state index in [-0.39, 0.29) is 0 Å². The lowest BCUT2D eigenvalue weighted by Gasteiger charge is -2.09. The minimum atomic E-state index is -0.599. The predicted octanol–water partition coefficient (Wildman–Crippen LogP) is 9.76. The van der Waals surface area contributed by atoms with Crippen molar-refractivity contribution in [1.29, 1.82) is 0 Å². The van der Waals surface area contributed by atoms with Crippen LogP contribution in [0.2, 0.25) is 0 Å². The number of aryl methyl sites for hydroxylation is 3. The molecule has 0 amide bonds. The van der Waals surface area contributed by atoms with E-state index in [0.29, 0.717) is 6.04 Å². The van der Waals surface area contributed by atoms with Gasteiger partial charge >= 0.3 is 0 Å². The molecule has 0 spiro atoms. The average molecular weight is 457 g/mol. The summed E-state index contributed by atoms with van der Waals surface area (Å²) in [6.07, 6.45) is 0. The highest BCUT2D eigenvalue weighted by atomic mass is 14.3. The molecule has 5 aromatic carbocycles. The summed E-state index contributed by atoms with van der Waals surface area (Å²) in [6, 6.07) is 38.1. The van der Waals surface area contributed by atoms with Crippen molar-refractivity contribution in [2.24, 2.45) is 0 Å². The van der Waals surface area contributed by atoms with E-state index in [1.54, 1.807) is 6.07 Å². The van der Waals surface area contributed by atoms with Gasteiger partial charge in [-0.15, -0.1) is 0 Å². The molecule has 0 radical (unpaired) electrons. The Kier molecular flexibility index (Phi) is 5.71. The Morgan fingerprint density at radius 1 is 0.514 bits per heavy atom. The quantitative estimate of drug-likeness (QED) is 0.248. The minimum Gasteiger partial charge on any atom is -0.0622 e. The maximum Gasteiger partial charge on any atom is 0.0623 e. The van der Waals surface area contributed by atoms with Crippen LogP contribution in [0.5, 0.6) is 0 Å². The second-order valence-electron chi connectivity index (χ2n) is 9.47. The molecule has 1 atom stereocenters. The first-order valence-corrected chi connectivity index (χ1v) is 12.2. The van der Waals surface area contributed by atoms with Gasteiger partial charge in [0.05, 0.1) is 1.37 Å². The summed E-state index contributed by atoms with van der Waals surface area (Å²) < 4.78 is 16.3. The molecule has 0 heterocycles. The Hall–Kier alpha value is -3.90. The van der Waals surface area contributed by atoms with Crippen LogP contribution < -0.4 is 0 Å². The normalized spacial score (nSPS) is 16.3. The Morgan fingerprint density at radius 3 is 1.89 bits per heavy atom. The van der Waals surface area contributed by atoms with Gasteiger partial charge in [-0.05, 0) is 76.9 Å². The Balaban J connectivity index is 0.000000157. The van der Waals surface area contributed by atoms with Crippen LogP contribution in [-0.4, -0.2) is 0 Å². The minimum absolute atomic E-state index is 0.547. The van der Waals surface area contributed by atoms with Gasteiger partial charge in [-0.2, -0.15) is 0 Å². The van der Waals surface area contributed by atoms with Gasteiger partial charge in [-0.25, -0.2) is 0 Å². The molecule has 0 saturated carbocycles. The molecule has 1 unspecified atom stereocenters. The first-order valence-electron chi connectivity index (χ1n) is 13.2. The maximum atomic E-state index is 8.55. The Labute approximate surface area is 212 Å². The first-order chi connectivity index (χ1) is 17.7. The molecule has 0 fully saturated rings. The second kappa shape index (κ2) is 9.76. The van der Waals surface area contributed by atoms with Crippen molar-refractivity contribution in [2.45, 2.75) is 33.6 Å². The fourth-order valence-electron chi connectivity index (χ4n) is 4.83. The number of hydrogen-bond donors (Lipinski definition) is 0. The van der Waals surface area contributed by atoms with E-state index in [9.17, 15) is 0 Å². The highest BCUT2D eigenvalue weighted by molar-refractivity contribution is 5.79. The molecule has 0 N–H and O–H groups in total. The second-order valence-corrected chi connectivity index (χ2v) is 9.47. The highest BCUT2D eigenvalue weighted by Crippen LogP contribution is 2.44. The van der Waals surface area contributed by atoms with Gasteiger partial charge in [0.1, 0.15) is 0 Å². The zero-order valence-corrected chi connectivity index (χ0v) is 20.9. The van der Waals surface area contributed by atoms with Crippen LogP contribution in [0.1, 0.15) is 43.4 Å². The van der Waals surface area contributed by atoms with Gasteiger partial charge in [-0.1, -0.05) is 127 Å². The third-order valence-corrected chi connectivity index (χ3v) is 6.70. The Bertz CT molecular complexity index is 1580. The van der Waals surface area contributed by atoms with Crippen LogP contribution in [-0.2, 0) is 0 Å². The van der Waals surface area contributed by atoms with Crippen molar-refractivity contribution >= 4 is 0 Å². The van der Waals surface area contributed by atoms with Gasteiger partial charge < -0.3 is 0 Å². The fraction of sp³-hybridized carbons (Fsp3) is 0.143. The lowest BCUT2D eigenvalue weighted by atomic mass is 9.96. The van der Waals surface area contributed by atoms with Gasteiger partial charge in [0, 0.05) is 7.26 Å². The van der Waals surface area contributed by atoms with E-state index in [0.717, 1.165) is 16.7 Å². The molecule has 0 nitrogen and oxygen atoms in total. The molecular formula is C35H32. The van der Waals surface area contributed by atoms with E-state index >= 15 is 0 Å². The van der Waals surface area contributed by atoms with Gasteiger partial charge in [0.15, 0.2) is 0 Å². The number of rotatable bonds is 2. The van der Waals surface area contributed by atoms with Crippen LogP contribution >= 0.6 is 0 Å². The molecule has 1 aliphatic rings. The number of benzene rings is 5. The Morgan fingerprint density at radius 2 is 1.14 bits per heavy atom. The van der Waals surface area contributed by atoms with Gasteiger partial charge in [0.25, 0.3) is 0 Å². The van der Waals surface area contributed by atoms with Crippen molar-refractivity contribution < 1.29 is 2.74 Å². The van der Waals surface area contributed by atoms with Gasteiger partial charge in [-0.3, -0.25) is 0 Å². The van der Waals surface area contributed by atoms with Crippen LogP contribution in [0, 0.1) is 20.8 Å². The summed E-state index contributed by atoms with van der Waals surface area (Å²) in [5.74, 6) is -0.599. The molecule has 6 rings (SSSR count). The van der Waals surface area contributed by atoms with E-state index in [1.165, 1.54) is 44.5 Å². The number of fused-ring (bicyclic) bond motifs is 3. The van der Waals surface area contributed by atoms with Crippen molar-refractivity contribution in [3.63, 3.8) is 0 Å². The topological polar surface area (TPSA) is 0 Å². The van der Waals surface area contributed by atoms with E-state index < -0.39 is 5.89 Å². The smallest absolute Gasteiger partial charge is 0.0622 e. The molecule has 5 aromatic rings. The van der Waals surface area contributed by atoms with Crippen molar-refractivity contribution in [1.82, 2.24) is 0 Å². The largest absolute Gasteiger partial charge is 0.0623 e. The standard InChI is InChI=1S/C20H18.C15H14/c1-15-8-10-18(11-9-15)20-13-16(2)12-19(14-20)17-6-4-3-5-7-17;1-10-7-8-14-13-6-4-3-5-12(13)11(2)15(14)9-10/h3-14H,1-2H3;3-9,11H,1-2H3/i4T;11T. The van der Waals surface area contributed by atoms with Crippen LogP contribution in [0.15, 0.2) is 115 Å². The lowest BCUT2D eigenvalue weighted by molar-refractivity contribution is 0.954. The average Bonchev–Trinajstić information content (AvgIpc) is 3.11. The summed E-state index contributed by atoms with van der Waals surface area (Å²) >= 11 is 0. The highest BCUT2D eigenvalue weighted by Gasteiger charge is 2.24. The van der Waals surface area contributed by atoms with Crippen molar-refractivity contribution in [3.05, 3.63) is 143 Å². The molecule has 0 saturated heterocycles. The van der Waals surface area contributed by atoms with E-state index in [4.69, 9.17) is 2.74 Å². The van der Waals surface area contributed by atoms with Crippen molar-refractivity contribution in [3.8, 4) is 33.4 Å². The lowest BCUT2D eigenvalue weighted by Crippen LogP contribution is -1.89. The summed E-state index contributed by atoms with van der Waals surface area (Å²) in [6.45, 7) is 8.29. The zero-order valence-electron chi connectivity index (χ0n) is 22.9. The summed E-state index contributed by atoms with van der Waals surface area (Å²) in [5.41, 5.74) is 13.1. The summed E-state index contributed by atoms with van der Waals surface area (Å²) in [4.78, 5) is 0. The first kappa shape index (κ1) is 20.5. The van der Waals surface area contributed by atoms with E-state index in [2.05, 4.69) is 99.6 Å². The third kappa shape index (κ3) is 4.84. The molecule has 172 valence electrons. The SMILES string of the molecule is [3H]C1(C)c2ccccc2-c2ccc(C)cc21.[3H]c1cccc(-c2cc(C)cc(-c3ccc(C)cc3)c2)c1. The molecule has 0 aromatic heterocycles. The third-order valence-electron chi connectivity index (χ3n) is 6.70. The van der Waals surface area contributed by atoms with Crippen LogP contribution in [0.3, 0.4) is 0 Å². The predicted molar refractivity (Wildman–Crippen MR) is 151 cm³/mol. The van der Waals surface area contributed by atoms with E-state index in [1.807, 2.05) is 31.2 Å².